The monoisotopic (exact) mass is 500 g/mol. The lowest BCUT2D eigenvalue weighted by atomic mass is 10.0. The van der Waals surface area contributed by atoms with Crippen LogP contribution in [0, 0.1) is 20.8 Å². The number of aryl methyl sites for hydroxylation is 3. The van der Waals surface area contributed by atoms with Crippen molar-refractivity contribution < 1.29 is 17.9 Å². The third kappa shape index (κ3) is 6.38. The van der Waals surface area contributed by atoms with Gasteiger partial charge >= 0.3 is 0 Å². The van der Waals surface area contributed by atoms with Gasteiger partial charge in [0.1, 0.15) is 11.8 Å². The first-order chi connectivity index (χ1) is 16.1. The predicted octanol–water partition coefficient (Wildman–Crippen LogP) is 5.19. The molecule has 0 bridgehead atoms. The summed E-state index contributed by atoms with van der Waals surface area (Å²) in [5.41, 5.74) is 4.40. The zero-order chi connectivity index (χ0) is 24.9. The highest BCUT2D eigenvalue weighted by atomic mass is 35.5. The second-order valence-electron chi connectivity index (χ2n) is 8.15. The van der Waals surface area contributed by atoms with E-state index >= 15 is 0 Å². The summed E-state index contributed by atoms with van der Waals surface area (Å²) in [6.45, 7) is 8.02. The molecule has 0 aliphatic rings. The third-order valence-corrected chi connectivity index (χ3v) is 7.10. The Bertz CT molecular complexity index is 1250. The number of hydrogen-bond acceptors (Lipinski definition) is 4. The van der Waals surface area contributed by atoms with Gasteiger partial charge in [-0.05, 0) is 69.0 Å². The summed E-state index contributed by atoms with van der Waals surface area (Å²) in [7, 11) is -4.05. The van der Waals surface area contributed by atoms with Crippen molar-refractivity contribution in [2.75, 3.05) is 11.9 Å². The van der Waals surface area contributed by atoms with Crippen LogP contribution in [0.25, 0.3) is 0 Å². The molecule has 0 aromatic heterocycles. The van der Waals surface area contributed by atoms with Gasteiger partial charge in [-0.2, -0.15) is 4.72 Å². The Morgan fingerprint density at radius 1 is 1.00 bits per heavy atom. The number of carbonyl (C=O) groups excluding carboxylic acids is 1. The molecule has 0 heterocycles. The lowest BCUT2D eigenvalue weighted by Crippen LogP contribution is -2.45. The normalized spacial score (nSPS) is 12.3. The Labute approximate surface area is 206 Å². The maximum Gasteiger partial charge on any atom is 0.242 e. The summed E-state index contributed by atoms with van der Waals surface area (Å²) in [4.78, 5) is 13.3. The van der Waals surface area contributed by atoms with Crippen LogP contribution >= 0.6 is 11.6 Å². The minimum absolute atomic E-state index is 0.0467. The number of halogens is 1. The summed E-state index contributed by atoms with van der Waals surface area (Å²) in [5.74, 6) is -0.0495. The molecule has 3 aromatic carbocycles. The number of nitrogens with one attached hydrogen (secondary N) is 2. The molecule has 1 atom stereocenters. The first kappa shape index (κ1) is 25.7. The number of sulfonamides is 1. The Morgan fingerprint density at radius 2 is 1.65 bits per heavy atom. The molecule has 0 aliphatic heterocycles. The Morgan fingerprint density at radius 3 is 2.24 bits per heavy atom. The van der Waals surface area contributed by atoms with E-state index in [0.717, 1.165) is 22.3 Å². The van der Waals surface area contributed by atoms with E-state index in [4.69, 9.17) is 16.3 Å². The number of anilines is 1. The predicted molar refractivity (Wildman–Crippen MR) is 136 cm³/mol. The second kappa shape index (κ2) is 11.0. The Hall–Kier alpha value is -2.87. The minimum Gasteiger partial charge on any atom is -0.492 e. The highest BCUT2D eigenvalue weighted by Crippen LogP contribution is 2.28. The van der Waals surface area contributed by atoms with E-state index in [1.54, 1.807) is 0 Å². The molecule has 2 N–H and O–H groups in total. The van der Waals surface area contributed by atoms with Gasteiger partial charge in [-0.25, -0.2) is 8.42 Å². The van der Waals surface area contributed by atoms with Gasteiger partial charge in [0, 0.05) is 5.69 Å². The van der Waals surface area contributed by atoms with Crippen LogP contribution in [-0.2, 0) is 21.2 Å². The number of amides is 1. The van der Waals surface area contributed by atoms with Gasteiger partial charge in [-0.15, -0.1) is 0 Å². The van der Waals surface area contributed by atoms with E-state index in [1.807, 2.05) is 70.2 Å². The van der Waals surface area contributed by atoms with Crippen LogP contribution in [0.3, 0.4) is 0 Å². The summed E-state index contributed by atoms with van der Waals surface area (Å²) in [6.07, 6.45) is 0.181. The van der Waals surface area contributed by atoms with Gasteiger partial charge in [0.05, 0.1) is 16.5 Å². The van der Waals surface area contributed by atoms with Gasteiger partial charge in [-0.3, -0.25) is 4.79 Å². The first-order valence-electron chi connectivity index (χ1n) is 11.0. The number of benzene rings is 3. The fourth-order valence-electron chi connectivity index (χ4n) is 3.80. The van der Waals surface area contributed by atoms with Gasteiger partial charge in [0.25, 0.3) is 0 Å². The largest absolute Gasteiger partial charge is 0.492 e. The molecule has 34 heavy (non-hydrogen) atoms. The maximum atomic E-state index is 13.3. The van der Waals surface area contributed by atoms with Crippen LogP contribution in [0.4, 0.5) is 5.69 Å². The van der Waals surface area contributed by atoms with Crippen LogP contribution < -0.4 is 14.8 Å². The Kier molecular flexibility index (Phi) is 8.36. The van der Waals surface area contributed by atoms with Crippen LogP contribution in [0.1, 0.15) is 29.2 Å². The lowest BCUT2D eigenvalue weighted by molar-refractivity contribution is -0.117. The van der Waals surface area contributed by atoms with Crippen molar-refractivity contribution in [3.8, 4) is 5.75 Å². The first-order valence-corrected chi connectivity index (χ1v) is 12.8. The van der Waals surface area contributed by atoms with Crippen molar-refractivity contribution in [2.24, 2.45) is 0 Å². The average Bonchev–Trinajstić information content (AvgIpc) is 2.77. The third-order valence-electron chi connectivity index (χ3n) is 5.34. The number of carbonyl (C=O) groups is 1. The standard InChI is InChI=1S/C26H29ClN2O4S/c1-5-33-24-12-11-21(16-22(24)27)34(31,32)29-23(15-20-9-7-6-8-10-20)26(30)28-25-18(3)13-17(2)14-19(25)4/h6-14,16,23,29H,5,15H2,1-4H3,(H,28,30)/t23-/m0/s1. The van der Waals surface area contributed by atoms with Crippen LogP contribution in [-0.4, -0.2) is 27.0 Å². The highest BCUT2D eigenvalue weighted by molar-refractivity contribution is 7.89. The summed E-state index contributed by atoms with van der Waals surface area (Å²) < 4.78 is 34.4. The second-order valence-corrected chi connectivity index (χ2v) is 10.3. The fraction of sp³-hybridized carbons (Fsp3) is 0.269. The molecule has 3 rings (SSSR count). The van der Waals surface area contributed by atoms with Crippen molar-refractivity contribution in [3.63, 3.8) is 0 Å². The van der Waals surface area contributed by atoms with Crippen molar-refractivity contribution in [1.82, 2.24) is 4.72 Å². The molecule has 180 valence electrons. The van der Waals surface area contributed by atoms with E-state index in [9.17, 15) is 13.2 Å². The SMILES string of the molecule is CCOc1ccc(S(=O)(=O)N[C@@H](Cc2ccccc2)C(=O)Nc2c(C)cc(C)cc2C)cc1Cl. The smallest absolute Gasteiger partial charge is 0.242 e. The number of hydrogen-bond donors (Lipinski definition) is 2. The number of rotatable bonds is 9. The minimum atomic E-state index is -4.05. The molecule has 0 radical (unpaired) electrons. The molecule has 0 fully saturated rings. The zero-order valence-electron chi connectivity index (χ0n) is 19.7. The van der Waals surface area contributed by atoms with E-state index in [0.29, 0.717) is 18.0 Å². The summed E-state index contributed by atoms with van der Waals surface area (Å²) >= 11 is 6.20. The molecular weight excluding hydrogens is 472 g/mol. The maximum absolute atomic E-state index is 13.3. The van der Waals surface area contributed by atoms with Crippen LogP contribution in [0.2, 0.25) is 5.02 Å². The molecule has 0 unspecified atom stereocenters. The quantitative estimate of drug-likeness (QED) is 0.423. The average molecular weight is 501 g/mol. The highest BCUT2D eigenvalue weighted by Gasteiger charge is 2.27. The summed E-state index contributed by atoms with van der Waals surface area (Å²) in [5, 5.41) is 3.11. The fourth-order valence-corrected chi connectivity index (χ4v) is 5.32. The van der Waals surface area contributed by atoms with Crippen molar-refractivity contribution in [3.05, 3.63) is 87.9 Å². The van der Waals surface area contributed by atoms with Crippen molar-refractivity contribution >= 4 is 33.2 Å². The van der Waals surface area contributed by atoms with Crippen LogP contribution in [0.15, 0.2) is 65.6 Å². The van der Waals surface area contributed by atoms with Crippen molar-refractivity contribution in [2.45, 2.75) is 45.1 Å². The van der Waals surface area contributed by atoms with Gasteiger partial charge in [0.15, 0.2) is 0 Å². The van der Waals surface area contributed by atoms with Gasteiger partial charge < -0.3 is 10.1 Å². The van der Waals surface area contributed by atoms with E-state index in [-0.39, 0.29) is 16.3 Å². The molecular formula is C26H29ClN2O4S. The van der Waals surface area contributed by atoms with E-state index in [1.165, 1.54) is 18.2 Å². The zero-order valence-corrected chi connectivity index (χ0v) is 21.3. The Balaban J connectivity index is 1.91. The van der Waals surface area contributed by atoms with Gasteiger partial charge in [-0.1, -0.05) is 59.6 Å². The molecule has 8 heteroatoms. The number of ether oxygens (including phenoxy) is 1. The van der Waals surface area contributed by atoms with Gasteiger partial charge in [0.2, 0.25) is 15.9 Å². The summed E-state index contributed by atoms with van der Waals surface area (Å²) in [6, 6.07) is 16.4. The molecule has 0 saturated heterocycles. The van der Waals surface area contributed by atoms with Crippen LogP contribution in [0.5, 0.6) is 5.75 Å². The molecule has 0 saturated carbocycles. The van der Waals surface area contributed by atoms with Crippen molar-refractivity contribution in [1.29, 1.82) is 0 Å². The molecule has 3 aromatic rings. The van der Waals surface area contributed by atoms with E-state index in [2.05, 4.69) is 10.0 Å². The molecule has 0 spiro atoms. The molecule has 1 amide bonds. The lowest BCUT2D eigenvalue weighted by Gasteiger charge is -2.21. The molecule has 6 nitrogen and oxygen atoms in total. The molecule has 0 aliphatic carbocycles. The topological polar surface area (TPSA) is 84.5 Å². The van der Waals surface area contributed by atoms with E-state index < -0.39 is 22.0 Å².